The number of halogens is 1. The van der Waals surface area contributed by atoms with E-state index in [-0.39, 0.29) is 5.24 Å². The van der Waals surface area contributed by atoms with Gasteiger partial charge in [0.05, 0.1) is 0 Å². The van der Waals surface area contributed by atoms with E-state index in [4.69, 9.17) is 11.6 Å². The molecule has 1 rings (SSSR count). The maximum Gasteiger partial charge on any atom is 0.222 e. The molecule has 0 aromatic carbocycles. The lowest BCUT2D eigenvalue weighted by Crippen LogP contribution is -2.02. The lowest BCUT2D eigenvalue weighted by Gasteiger charge is -2.12. The average Bonchev–Trinajstić information content (AvgIpc) is 1.93. The highest BCUT2D eigenvalue weighted by molar-refractivity contribution is 6.63. The Balaban J connectivity index is 2.38. The lowest BCUT2D eigenvalue weighted by atomic mass is 9.94. The van der Waals surface area contributed by atoms with Crippen molar-refractivity contribution < 1.29 is 4.79 Å². The van der Waals surface area contributed by atoms with Crippen LogP contribution in [-0.2, 0) is 4.79 Å². The fourth-order valence-corrected chi connectivity index (χ4v) is 1.80. The molecule has 1 unspecified atom stereocenters. The van der Waals surface area contributed by atoms with Gasteiger partial charge in [0, 0.05) is 6.42 Å². The van der Waals surface area contributed by atoms with Crippen LogP contribution in [0, 0.1) is 5.92 Å². The van der Waals surface area contributed by atoms with Crippen LogP contribution in [0.4, 0.5) is 0 Å². The van der Waals surface area contributed by atoms with Crippen LogP contribution >= 0.6 is 11.6 Å². The molecule has 0 spiro atoms. The zero-order valence-corrected chi connectivity index (χ0v) is 8.02. The van der Waals surface area contributed by atoms with Crippen molar-refractivity contribution in [2.75, 3.05) is 0 Å². The molecule has 0 aromatic heterocycles. The molecular weight excluding hydrogens is 172 g/mol. The van der Waals surface area contributed by atoms with Gasteiger partial charge >= 0.3 is 0 Å². The monoisotopic (exact) mass is 186 g/mol. The molecule has 0 bridgehead atoms. The molecule has 12 heavy (non-hydrogen) atoms. The van der Waals surface area contributed by atoms with E-state index >= 15 is 0 Å². The number of hydrogen-bond donors (Lipinski definition) is 0. The molecule has 68 valence electrons. The van der Waals surface area contributed by atoms with Crippen LogP contribution in [0.2, 0.25) is 0 Å². The molecule has 0 saturated carbocycles. The van der Waals surface area contributed by atoms with Gasteiger partial charge in [0.15, 0.2) is 0 Å². The molecule has 1 aliphatic rings. The Morgan fingerprint density at radius 1 is 1.42 bits per heavy atom. The largest absolute Gasteiger partial charge is 0.281 e. The molecule has 1 atom stereocenters. The number of carbonyl (C=O) groups excluding carboxylic acids is 1. The van der Waals surface area contributed by atoms with Crippen molar-refractivity contribution in [3.8, 4) is 0 Å². The summed E-state index contributed by atoms with van der Waals surface area (Å²) in [4.78, 5) is 10.6. The van der Waals surface area contributed by atoms with Gasteiger partial charge in [-0.3, -0.25) is 4.79 Å². The topological polar surface area (TPSA) is 17.1 Å². The van der Waals surface area contributed by atoms with Crippen LogP contribution in [0.25, 0.3) is 0 Å². The molecule has 0 saturated heterocycles. The second-order valence-electron chi connectivity index (χ2n) is 3.39. The highest BCUT2D eigenvalue weighted by Gasteiger charge is 2.09. The van der Waals surface area contributed by atoms with Crippen LogP contribution in [0.5, 0.6) is 0 Å². The van der Waals surface area contributed by atoms with E-state index < -0.39 is 0 Å². The minimum Gasteiger partial charge on any atom is -0.281 e. The first-order valence-corrected chi connectivity index (χ1v) is 5.02. The van der Waals surface area contributed by atoms with Gasteiger partial charge in [-0.05, 0) is 36.8 Å². The van der Waals surface area contributed by atoms with Gasteiger partial charge in [-0.25, -0.2) is 0 Å². The molecule has 1 nitrogen and oxygen atoms in total. The zero-order chi connectivity index (χ0) is 8.81. The number of hydrogen-bond acceptors (Lipinski definition) is 1. The number of rotatable bonds is 2. The van der Waals surface area contributed by atoms with Crippen LogP contribution in [-0.4, -0.2) is 5.24 Å². The molecule has 0 radical (unpaired) electrons. The first kappa shape index (κ1) is 9.79. The van der Waals surface area contributed by atoms with E-state index in [0.29, 0.717) is 12.3 Å². The molecule has 0 heterocycles. The molecule has 0 aromatic rings. The maximum atomic E-state index is 10.6. The van der Waals surface area contributed by atoms with E-state index in [0.717, 1.165) is 12.8 Å². The fraction of sp³-hybridized carbons (Fsp3) is 0.700. The van der Waals surface area contributed by atoms with Crippen LogP contribution in [0.1, 0.15) is 38.5 Å². The Labute approximate surface area is 78.8 Å². The minimum absolute atomic E-state index is 0.203. The van der Waals surface area contributed by atoms with Crippen molar-refractivity contribution in [3.63, 3.8) is 0 Å². The van der Waals surface area contributed by atoms with E-state index in [2.05, 4.69) is 12.2 Å². The summed E-state index contributed by atoms with van der Waals surface area (Å²) in [6, 6.07) is 0. The molecule has 0 amide bonds. The Morgan fingerprint density at radius 3 is 3.00 bits per heavy atom. The standard InChI is InChI=1S/C10H15ClO/c11-10(12)8-9-6-4-2-1-3-5-7-9/h4,6,9H,1-3,5,7-8H2/b6-4+. The summed E-state index contributed by atoms with van der Waals surface area (Å²) < 4.78 is 0. The summed E-state index contributed by atoms with van der Waals surface area (Å²) in [5.41, 5.74) is 0. The smallest absolute Gasteiger partial charge is 0.222 e. The van der Waals surface area contributed by atoms with Crippen molar-refractivity contribution in [2.24, 2.45) is 5.92 Å². The molecule has 0 aliphatic heterocycles. The van der Waals surface area contributed by atoms with E-state index in [1.807, 2.05) is 0 Å². The lowest BCUT2D eigenvalue weighted by molar-refractivity contribution is -0.112. The highest BCUT2D eigenvalue weighted by Crippen LogP contribution is 2.20. The van der Waals surface area contributed by atoms with E-state index in [1.54, 1.807) is 0 Å². The third-order valence-electron chi connectivity index (χ3n) is 2.28. The van der Waals surface area contributed by atoms with Crippen molar-refractivity contribution in [1.29, 1.82) is 0 Å². The van der Waals surface area contributed by atoms with E-state index in [1.165, 1.54) is 19.3 Å². The van der Waals surface area contributed by atoms with Crippen molar-refractivity contribution >= 4 is 16.8 Å². The molecule has 0 N–H and O–H groups in total. The Morgan fingerprint density at radius 2 is 2.25 bits per heavy atom. The third-order valence-corrected chi connectivity index (χ3v) is 2.43. The summed E-state index contributed by atoms with van der Waals surface area (Å²) in [5.74, 6) is 0.398. The van der Waals surface area contributed by atoms with Crippen molar-refractivity contribution in [1.82, 2.24) is 0 Å². The number of allylic oxidation sites excluding steroid dienone is 2. The van der Waals surface area contributed by atoms with Gasteiger partial charge < -0.3 is 0 Å². The van der Waals surface area contributed by atoms with Gasteiger partial charge in [-0.2, -0.15) is 0 Å². The van der Waals surface area contributed by atoms with Crippen molar-refractivity contribution in [2.45, 2.75) is 38.5 Å². The van der Waals surface area contributed by atoms with Gasteiger partial charge in [0.25, 0.3) is 0 Å². The summed E-state index contributed by atoms with van der Waals surface area (Å²) in [7, 11) is 0. The summed E-state index contributed by atoms with van der Waals surface area (Å²) >= 11 is 5.33. The van der Waals surface area contributed by atoms with Crippen LogP contribution in [0.3, 0.4) is 0 Å². The predicted molar refractivity (Wildman–Crippen MR) is 51.2 cm³/mol. The summed E-state index contributed by atoms with van der Waals surface area (Å²) in [5, 5.41) is -0.203. The molecular formula is C10H15ClO. The van der Waals surface area contributed by atoms with Gasteiger partial charge in [0.2, 0.25) is 5.24 Å². The molecule has 0 fully saturated rings. The third kappa shape index (κ3) is 3.91. The van der Waals surface area contributed by atoms with Crippen molar-refractivity contribution in [3.05, 3.63) is 12.2 Å². The first-order chi connectivity index (χ1) is 5.79. The SMILES string of the molecule is O=C(Cl)CC1/C=C/CCCCC1. The maximum absolute atomic E-state index is 10.6. The first-order valence-electron chi connectivity index (χ1n) is 4.64. The highest BCUT2D eigenvalue weighted by atomic mass is 35.5. The number of carbonyl (C=O) groups is 1. The minimum atomic E-state index is -0.203. The van der Waals surface area contributed by atoms with Gasteiger partial charge in [-0.1, -0.05) is 25.0 Å². The average molecular weight is 187 g/mol. The molecule has 2 heteroatoms. The second kappa shape index (κ2) is 5.36. The second-order valence-corrected chi connectivity index (χ2v) is 3.81. The Kier molecular flexibility index (Phi) is 4.37. The summed E-state index contributed by atoms with van der Waals surface area (Å²) in [6.45, 7) is 0. The summed E-state index contributed by atoms with van der Waals surface area (Å²) in [6.07, 6.45) is 10.9. The Bertz CT molecular complexity index is 175. The van der Waals surface area contributed by atoms with E-state index in [9.17, 15) is 4.79 Å². The van der Waals surface area contributed by atoms with Gasteiger partial charge in [-0.15, -0.1) is 0 Å². The van der Waals surface area contributed by atoms with Crippen LogP contribution in [0.15, 0.2) is 12.2 Å². The quantitative estimate of drug-likeness (QED) is 0.478. The molecule has 1 aliphatic carbocycles. The zero-order valence-electron chi connectivity index (χ0n) is 7.26. The van der Waals surface area contributed by atoms with Crippen LogP contribution < -0.4 is 0 Å². The van der Waals surface area contributed by atoms with Gasteiger partial charge in [0.1, 0.15) is 0 Å². The fourth-order valence-electron chi connectivity index (χ4n) is 1.61. The Hall–Kier alpha value is -0.300. The normalized spacial score (nSPS) is 27.2. The predicted octanol–water partition coefficient (Wildman–Crippen LogP) is 3.28.